The Morgan fingerprint density at radius 2 is 1.29 bits per heavy atom. The first-order valence-corrected chi connectivity index (χ1v) is 9.61. The third-order valence-electron chi connectivity index (χ3n) is 4.64. The SMILES string of the molecule is CN(C)CCOc1ccc(C(=C(CN)c2ccccc2)c2ccccc2)cc1. The Kier molecular flexibility index (Phi) is 7.01. The van der Waals surface area contributed by atoms with E-state index in [0.717, 1.165) is 40.1 Å². The van der Waals surface area contributed by atoms with Crippen molar-refractivity contribution in [3.05, 3.63) is 102 Å². The number of nitrogens with zero attached hydrogens (tertiary/aromatic N) is 1. The fourth-order valence-corrected chi connectivity index (χ4v) is 3.19. The van der Waals surface area contributed by atoms with Crippen molar-refractivity contribution in [2.75, 3.05) is 33.8 Å². The number of nitrogens with two attached hydrogens (primary N) is 1. The van der Waals surface area contributed by atoms with Crippen molar-refractivity contribution < 1.29 is 4.74 Å². The molecule has 0 saturated carbocycles. The van der Waals surface area contributed by atoms with E-state index in [2.05, 4.69) is 65.6 Å². The van der Waals surface area contributed by atoms with Gasteiger partial charge in [0, 0.05) is 13.1 Å². The van der Waals surface area contributed by atoms with Crippen LogP contribution < -0.4 is 10.5 Å². The van der Waals surface area contributed by atoms with Gasteiger partial charge in [0.2, 0.25) is 0 Å². The van der Waals surface area contributed by atoms with Gasteiger partial charge < -0.3 is 15.4 Å². The lowest BCUT2D eigenvalue weighted by Crippen LogP contribution is -2.19. The molecule has 0 aromatic heterocycles. The van der Waals surface area contributed by atoms with Gasteiger partial charge >= 0.3 is 0 Å². The van der Waals surface area contributed by atoms with Crippen LogP contribution in [0.15, 0.2) is 84.9 Å². The molecule has 3 aromatic carbocycles. The molecule has 3 nitrogen and oxygen atoms in total. The summed E-state index contributed by atoms with van der Waals surface area (Å²) in [4.78, 5) is 2.11. The van der Waals surface area contributed by atoms with E-state index in [1.807, 2.05) is 38.4 Å². The second kappa shape index (κ2) is 9.88. The van der Waals surface area contributed by atoms with E-state index >= 15 is 0 Å². The van der Waals surface area contributed by atoms with Crippen LogP contribution in [0.4, 0.5) is 0 Å². The molecule has 0 unspecified atom stereocenters. The Hall–Kier alpha value is -2.88. The minimum Gasteiger partial charge on any atom is -0.492 e. The van der Waals surface area contributed by atoms with Gasteiger partial charge in [-0.05, 0) is 54.1 Å². The van der Waals surface area contributed by atoms with E-state index in [-0.39, 0.29) is 0 Å². The molecular weight excluding hydrogens is 344 g/mol. The average molecular weight is 373 g/mol. The third kappa shape index (κ3) is 5.10. The van der Waals surface area contributed by atoms with Crippen molar-refractivity contribution in [1.82, 2.24) is 4.90 Å². The van der Waals surface area contributed by atoms with Crippen molar-refractivity contribution >= 4 is 11.1 Å². The van der Waals surface area contributed by atoms with E-state index in [4.69, 9.17) is 10.5 Å². The molecule has 3 heteroatoms. The van der Waals surface area contributed by atoms with Gasteiger partial charge in [0.25, 0.3) is 0 Å². The summed E-state index contributed by atoms with van der Waals surface area (Å²) >= 11 is 0. The van der Waals surface area contributed by atoms with E-state index in [1.54, 1.807) is 0 Å². The van der Waals surface area contributed by atoms with Crippen LogP contribution in [0, 0.1) is 0 Å². The summed E-state index contributed by atoms with van der Waals surface area (Å²) in [6.07, 6.45) is 0. The molecule has 0 radical (unpaired) electrons. The molecule has 0 bridgehead atoms. The number of ether oxygens (including phenoxy) is 1. The average Bonchev–Trinajstić information content (AvgIpc) is 2.73. The smallest absolute Gasteiger partial charge is 0.119 e. The summed E-state index contributed by atoms with van der Waals surface area (Å²) in [5, 5.41) is 0. The van der Waals surface area contributed by atoms with Crippen LogP contribution >= 0.6 is 0 Å². The minimum atomic E-state index is 0.468. The fraction of sp³-hybridized carbons (Fsp3) is 0.200. The maximum atomic E-state index is 6.22. The molecule has 0 saturated heterocycles. The highest BCUT2D eigenvalue weighted by molar-refractivity contribution is 5.99. The summed E-state index contributed by atoms with van der Waals surface area (Å²) in [7, 11) is 4.09. The summed E-state index contributed by atoms with van der Waals surface area (Å²) in [5.41, 5.74) is 12.0. The normalized spacial score (nSPS) is 12.0. The quantitative estimate of drug-likeness (QED) is 0.590. The Bertz CT molecular complexity index is 885. The summed E-state index contributed by atoms with van der Waals surface area (Å²) in [5.74, 6) is 0.882. The first-order chi connectivity index (χ1) is 13.7. The number of benzene rings is 3. The summed E-state index contributed by atoms with van der Waals surface area (Å²) < 4.78 is 5.85. The lowest BCUT2D eigenvalue weighted by Gasteiger charge is -2.17. The molecule has 0 atom stereocenters. The molecule has 3 aromatic rings. The van der Waals surface area contributed by atoms with E-state index in [1.165, 1.54) is 0 Å². The van der Waals surface area contributed by atoms with Gasteiger partial charge in [-0.3, -0.25) is 0 Å². The van der Waals surface area contributed by atoms with Gasteiger partial charge in [-0.15, -0.1) is 0 Å². The maximum absolute atomic E-state index is 6.22. The Labute approximate surface area is 168 Å². The molecule has 0 aliphatic heterocycles. The zero-order valence-electron chi connectivity index (χ0n) is 16.6. The van der Waals surface area contributed by atoms with Crippen molar-refractivity contribution in [2.24, 2.45) is 5.73 Å². The van der Waals surface area contributed by atoms with Crippen LogP contribution in [0.2, 0.25) is 0 Å². The third-order valence-corrected chi connectivity index (χ3v) is 4.64. The van der Waals surface area contributed by atoms with E-state index < -0.39 is 0 Å². The van der Waals surface area contributed by atoms with E-state index in [0.29, 0.717) is 13.2 Å². The van der Waals surface area contributed by atoms with Gasteiger partial charge in [0.1, 0.15) is 12.4 Å². The van der Waals surface area contributed by atoms with Crippen LogP contribution in [0.5, 0.6) is 5.75 Å². The molecule has 0 aliphatic carbocycles. The van der Waals surface area contributed by atoms with Crippen molar-refractivity contribution in [2.45, 2.75) is 0 Å². The standard InChI is InChI=1S/C25H28N2O/c1-27(2)17-18-28-23-15-13-22(14-16-23)25(21-11-7-4-8-12-21)24(19-26)20-9-5-3-6-10-20/h3-16H,17-19,26H2,1-2H3. The molecule has 0 spiro atoms. The number of hydrogen-bond acceptors (Lipinski definition) is 3. The summed E-state index contributed by atoms with van der Waals surface area (Å²) in [6, 6.07) is 29.1. The molecule has 0 aliphatic rings. The molecule has 0 fully saturated rings. The van der Waals surface area contributed by atoms with E-state index in [9.17, 15) is 0 Å². The largest absolute Gasteiger partial charge is 0.492 e. The van der Waals surface area contributed by atoms with Gasteiger partial charge in [0.05, 0.1) is 0 Å². The fourth-order valence-electron chi connectivity index (χ4n) is 3.19. The van der Waals surface area contributed by atoms with Crippen molar-refractivity contribution in [1.29, 1.82) is 0 Å². The topological polar surface area (TPSA) is 38.5 Å². The number of hydrogen-bond donors (Lipinski definition) is 1. The van der Waals surface area contributed by atoms with Crippen molar-refractivity contribution in [3.8, 4) is 5.75 Å². The number of rotatable bonds is 8. The predicted molar refractivity (Wildman–Crippen MR) is 118 cm³/mol. The highest BCUT2D eigenvalue weighted by Crippen LogP contribution is 2.32. The van der Waals surface area contributed by atoms with Gasteiger partial charge in [-0.2, -0.15) is 0 Å². The molecule has 3 rings (SSSR count). The Morgan fingerprint density at radius 3 is 1.82 bits per heavy atom. The molecule has 144 valence electrons. The Balaban J connectivity index is 2.00. The maximum Gasteiger partial charge on any atom is 0.119 e. The lowest BCUT2D eigenvalue weighted by atomic mass is 9.89. The number of likely N-dealkylation sites (N-methyl/N-ethyl adjacent to an activating group) is 1. The molecule has 2 N–H and O–H groups in total. The van der Waals surface area contributed by atoms with Crippen molar-refractivity contribution in [3.63, 3.8) is 0 Å². The Morgan fingerprint density at radius 1 is 0.750 bits per heavy atom. The van der Waals surface area contributed by atoms with Gasteiger partial charge in [-0.1, -0.05) is 72.8 Å². The minimum absolute atomic E-state index is 0.468. The molecule has 0 heterocycles. The molecular formula is C25H28N2O. The van der Waals surface area contributed by atoms with Crippen LogP contribution in [0.1, 0.15) is 16.7 Å². The highest BCUT2D eigenvalue weighted by Gasteiger charge is 2.13. The highest BCUT2D eigenvalue weighted by atomic mass is 16.5. The molecule has 28 heavy (non-hydrogen) atoms. The monoisotopic (exact) mass is 372 g/mol. The van der Waals surface area contributed by atoms with Crippen LogP contribution in [-0.2, 0) is 0 Å². The second-order valence-corrected chi connectivity index (χ2v) is 6.97. The first kappa shape index (κ1) is 19.9. The molecule has 0 amide bonds. The zero-order valence-corrected chi connectivity index (χ0v) is 16.6. The predicted octanol–water partition coefficient (Wildman–Crippen LogP) is 4.54. The van der Waals surface area contributed by atoms with Gasteiger partial charge in [-0.25, -0.2) is 0 Å². The van der Waals surface area contributed by atoms with Crippen LogP contribution in [0.3, 0.4) is 0 Å². The first-order valence-electron chi connectivity index (χ1n) is 9.61. The van der Waals surface area contributed by atoms with Crippen LogP contribution in [-0.4, -0.2) is 38.7 Å². The zero-order chi connectivity index (χ0) is 19.8. The summed E-state index contributed by atoms with van der Waals surface area (Å²) in [6.45, 7) is 2.03. The van der Waals surface area contributed by atoms with Gasteiger partial charge in [0.15, 0.2) is 0 Å². The lowest BCUT2D eigenvalue weighted by molar-refractivity contribution is 0.261. The second-order valence-electron chi connectivity index (χ2n) is 6.97. The van der Waals surface area contributed by atoms with Crippen LogP contribution in [0.25, 0.3) is 11.1 Å².